The van der Waals surface area contributed by atoms with Crippen LogP contribution in [0.3, 0.4) is 0 Å². The molecule has 0 bridgehead atoms. The number of fused-ring (bicyclic) bond motifs is 1. The molecule has 1 aliphatic heterocycles. The number of benzene rings is 1. The number of carboxylic acid groups (broad SMARTS) is 1. The average molecular weight is 290 g/mol. The highest BCUT2D eigenvalue weighted by molar-refractivity contribution is 7.18. The van der Waals surface area contributed by atoms with E-state index in [1.54, 1.807) is 11.3 Å². The third-order valence-electron chi connectivity index (χ3n) is 3.99. The van der Waals surface area contributed by atoms with Crippen molar-refractivity contribution in [2.24, 2.45) is 0 Å². The molecule has 3 rings (SSSR count). The molecule has 1 fully saturated rings. The minimum atomic E-state index is -0.710. The number of thiazole rings is 1. The highest BCUT2D eigenvalue weighted by Gasteiger charge is 2.33. The summed E-state index contributed by atoms with van der Waals surface area (Å²) < 4.78 is 1.17. The van der Waals surface area contributed by atoms with E-state index in [4.69, 9.17) is 0 Å². The zero-order valence-electron chi connectivity index (χ0n) is 11.5. The Morgan fingerprint density at radius 1 is 1.45 bits per heavy atom. The lowest BCUT2D eigenvalue weighted by molar-refractivity contribution is -0.145. The van der Waals surface area contributed by atoms with E-state index in [0.717, 1.165) is 36.3 Å². The van der Waals surface area contributed by atoms with Crippen molar-refractivity contribution in [3.63, 3.8) is 0 Å². The van der Waals surface area contributed by atoms with Gasteiger partial charge >= 0.3 is 5.97 Å². The number of nitrogens with zero attached hydrogens (tertiary/aromatic N) is 2. The van der Waals surface area contributed by atoms with Gasteiger partial charge in [-0.15, -0.1) is 11.3 Å². The number of aliphatic carboxylic acids is 1. The molecule has 2 atom stereocenters. The van der Waals surface area contributed by atoms with Crippen LogP contribution in [0.15, 0.2) is 24.3 Å². The van der Waals surface area contributed by atoms with Gasteiger partial charge in [0.05, 0.1) is 16.3 Å². The summed E-state index contributed by atoms with van der Waals surface area (Å²) in [6.45, 7) is 2.91. The summed E-state index contributed by atoms with van der Waals surface area (Å²) in [5.41, 5.74) is 1.00. The Labute approximate surface area is 122 Å². The number of carbonyl (C=O) groups is 1. The lowest BCUT2D eigenvalue weighted by Gasteiger charge is -2.36. The molecular formula is C15H18N2O2S. The maximum absolute atomic E-state index is 11.4. The molecule has 106 valence electrons. The first-order valence-electron chi connectivity index (χ1n) is 7.01. The lowest BCUT2D eigenvalue weighted by atomic mass is 10.0. The van der Waals surface area contributed by atoms with Crippen LogP contribution in [0.2, 0.25) is 0 Å². The van der Waals surface area contributed by atoms with Gasteiger partial charge in [-0.3, -0.25) is 9.69 Å². The summed E-state index contributed by atoms with van der Waals surface area (Å²) in [5, 5.41) is 10.4. The highest BCUT2D eigenvalue weighted by atomic mass is 32.1. The molecule has 1 aromatic heterocycles. The molecule has 1 N–H and O–H groups in total. The number of aromatic nitrogens is 1. The van der Waals surface area contributed by atoms with Gasteiger partial charge in [-0.1, -0.05) is 18.6 Å². The summed E-state index contributed by atoms with van der Waals surface area (Å²) >= 11 is 1.67. The first kappa shape index (κ1) is 13.5. The summed E-state index contributed by atoms with van der Waals surface area (Å²) in [6.07, 6.45) is 2.81. The molecule has 0 amide bonds. The minimum Gasteiger partial charge on any atom is -0.480 e. The summed E-state index contributed by atoms with van der Waals surface area (Å²) in [6, 6.07) is 7.76. The Kier molecular flexibility index (Phi) is 3.72. The third kappa shape index (κ3) is 2.43. The number of para-hydroxylation sites is 1. The van der Waals surface area contributed by atoms with Crippen LogP contribution in [0.5, 0.6) is 0 Å². The van der Waals surface area contributed by atoms with E-state index in [1.807, 2.05) is 18.2 Å². The van der Waals surface area contributed by atoms with Crippen molar-refractivity contribution in [1.29, 1.82) is 0 Å². The second-order valence-corrected chi connectivity index (χ2v) is 6.35. The fourth-order valence-electron chi connectivity index (χ4n) is 2.89. The number of piperidine rings is 1. The molecule has 5 heteroatoms. The van der Waals surface area contributed by atoms with Gasteiger partial charge in [0.2, 0.25) is 0 Å². The van der Waals surface area contributed by atoms with E-state index in [9.17, 15) is 9.90 Å². The standard InChI is InChI=1S/C15H18N2O2S/c1-10(17-9-5-4-7-12(17)15(18)19)14-16-11-6-2-3-8-13(11)20-14/h2-3,6,8,10,12H,4-5,7,9H2,1H3,(H,18,19). The largest absolute Gasteiger partial charge is 0.480 e. The zero-order chi connectivity index (χ0) is 14.1. The second-order valence-electron chi connectivity index (χ2n) is 5.28. The zero-order valence-corrected chi connectivity index (χ0v) is 12.3. The summed E-state index contributed by atoms with van der Waals surface area (Å²) in [4.78, 5) is 18.2. The van der Waals surface area contributed by atoms with Crippen LogP contribution in [-0.2, 0) is 4.79 Å². The van der Waals surface area contributed by atoms with Gasteiger partial charge in [-0.2, -0.15) is 0 Å². The van der Waals surface area contributed by atoms with E-state index in [1.165, 1.54) is 4.70 Å². The highest BCUT2D eigenvalue weighted by Crippen LogP contribution is 2.33. The quantitative estimate of drug-likeness (QED) is 0.942. The van der Waals surface area contributed by atoms with Crippen molar-refractivity contribution in [2.75, 3.05) is 6.54 Å². The molecule has 0 aliphatic carbocycles. The Hall–Kier alpha value is -1.46. The van der Waals surface area contributed by atoms with E-state index in [-0.39, 0.29) is 12.1 Å². The maximum atomic E-state index is 11.4. The van der Waals surface area contributed by atoms with Crippen molar-refractivity contribution < 1.29 is 9.90 Å². The number of hydrogen-bond donors (Lipinski definition) is 1. The lowest BCUT2D eigenvalue weighted by Crippen LogP contribution is -2.45. The van der Waals surface area contributed by atoms with Gasteiger partial charge in [0.15, 0.2) is 0 Å². The molecule has 2 unspecified atom stereocenters. The first-order chi connectivity index (χ1) is 9.66. The Morgan fingerprint density at radius 2 is 2.25 bits per heavy atom. The van der Waals surface area contributed by atoms with Crippen molar-refractivity contribution in [1.82, 2.24) is 9.88 Å². The fraction of sp³-hybridized carbons (Fsp3) is 0.467. The van der Waals surface area contributed by atoms with Crippen LogP contribution in [0.4, 0.5) is 0 Å². The van der Waals surface area contributed by atoms with Crippen LogP contribution in [0, 0.1) is 0 Å². The Morgan fingerprint density at radius 3 is 3.00 bits per heavy atom. The monoisotopic (exact) mass is 290 g/mol. The van der Waals surface area contributed by atoms with E-state index in [2.05, 4.69) is 22.9 Å². The number of hydrogen-bond acceptors (Lipinski definition) is 4. The molecular weight excluding hydrogens is 272 g/mol. The fourth-order valence-corrected chi connectivity index (χ4v) is 3.93. The average Bonchev–Trinajstić information content (AvgIpc) is 2.90. The van der Waals surface area contributed by atoms with Gasteiger partial charge in [0.25, 0.3) is 0 Å². The topological polar surface area (TPSA) is 53.4 Å². The van der Waals surface area contributed by atoms with Crippen LogP contribution in [0.25, 0.3) is 10.2 Å². The van der Waals surface area contributed by atoms with Crippen molar-refractivity contribution in [2.45, 2.75) is 38.3 Å². The molecule has 2 aromatic rings. The van der Waals surface area contributed by atoms with Gasteiger partial charge in [0.1, 0.15) is 11.0 Å². The molecule has 20 heavy (non-hydrogen) atoms. The van der Waals surface area contributed by atoms with Crippen molar-refractivity contribution in [3.8, 4) is 0 Å². The number of likely N-dealkylation sites (tertiary alicyclic amines) is 1. The minimum absolute atomic E-state index is 0.0637. The second kappa shape index (κ2) is 5.50. The maximum Gasteiger partial charge on any atom is 0.320 e. The SMILES string of the molecule is CC(c1nc2ccccc2s1)N1CCCCC1C(=O)O. The predicted molar refractivity (Wildman–Crippen MR) is 80.0 cm³/mol. The van der Waals surface area contributed by atoms with Gasteiger partial charge in [-0.25, -0.2) is 4.98 Å². The molecule has 4 nitrogen and oxygen atoms in total. The molecule has 0 radical (unpaired) electrons. The van der Waals surface area contributed by atoms with E-state index >= 15 is 0 Å². The molecule has 1 aliphatic rings. The molecule has 1 aromatic carbocycles. The number of carboxylic acids is 1. The Balaban J connectivity index is 1.89. The molecule has 0 spiro atoms. The van der Waals surface area contributed by atoms with E-state index in [0.29, 0.717) is 0 Å². The van der Waals surface area contributed by atoms with Crippen LogP contribution in [-0.4, -0.2) is 33.5 Å². The van der Waals surface area contributed by atoms with Gasteiger partial charge < -0.3 is 5.11 Å². The van der Waals surface area contributed by atoms with E-state index < -0.39 is 5.97 Å². The van der Waals surface area contributed by atoms with Crippen molar-refractivity contribution >= 4 is 27.5 Å². The summed E-state index contributed by atoms with van der Waals surface area (Å²) in [5.74, 6) is -0.710. The van der Waals surface area contributed by atoms with Gasteiger partial charge in [-0.05, 0) is 38.4 Å². The summed E-state index contributed by atoms with van der Waals surface area (Å²) in [7, 11) is 0. The smallest absolute Gasteiger partial charge is 0.320 e. The normalized spacial score (nSPS) is 21.9. The molecule has 0 saturated carbocycles. The molecule has 1 saturated heterocycles. The van der Waals surface area contributed by atoms with Crippen LogP contribution in [0.1, 0.15) is 37.2 Å². The third-order valence-corrected chi connectivity index (χ3v) is 5.20. The predicted octanol–water partition coefficient (Wildman–Crippen LogP) is 3.30. The van der Waals surface area contributed by atoms with Crippen LogP contribution >= 0.6 is 11.3 Å². The number of rotatable bonds is 3. The first-order valence-corrected chi connectivity index (χ1v) is 7.82. The molecule has 2 heterocycles. The Bertz CT molecular complexity index is 592. The van der Waals surface area contributed by atoms with Crippen LogP contribution < -0.4 is 0 Å². The van der Waals surface area contributed by atoms with Crippen molar-refractivity contribution in [3.05, 3.63) is 29.3 Å². The van der Waals surface area contributed by atoms with Gasteiger partial charge in [0, 0.05) is 0 Å².